The third kappa shape index (κ3) is 4.54. The number of carbonyl (C=O) groups excluding carboxylic acids is 1. The van der Waals surface area contributed by atoms with Crippen LogP contribution in [0.5, 0.6) is 0 Å². The van der Waals surface area contributed by atoms with Crippen molar-refractivity contribution in [2.75, 3.05) is 6.54 Å². The van der Waals surface area contributed by atoms with E-state index in [1.807, 2.05) is 60.5 Å². The van der Waals surface area contributed by atoms with Gasteiger partial charge in [-0.2, -0.15) is 0 Å². The molecule has 6 heteroatoms. The van der Waals surface area contributed by atoms with Gasteiger partial charge in [-0.15, -0.1) is 21.5 Å². The molecule has 0 spiro atoms. The number of rotatable bonds is 7. The van der Waals surface area contributed by atoms with Crippen molar-refractivity contribution in [2.24, 2.45) is 0 Å². The zero-order valence-corrected chi connectivity index (χ0v) is 15.3. The predicted octanol–water partition coefficient (Wildman–Crippen LogP) is 4.09. The minimum Gasteiger partial charge on any atom is -0.421 e. The Hall–Kier alpha value is -2.47. The molecular formula is C19H21N3O2S. The summed E-state index contributed by atoms with van der Waals surface area (Å²) < 4.78 is 5.69. The molecular weight excluding hydrogens is 334 g/mol. The maximum Gasteiger partial charge on any atom is 0.247 e. The molecule has 130 valence electrons. The number of aryl methyl sites for hydroxylation is 2. The number of aromatic nitrogens is 2. The van der Waals surface area contributed by atoms with Crippen molar-refractivity contribution >= 4 is 17.2 Å². The summed E-state index contributed by atoms with van der Waals surface area (Å²) in [4.78, 5) is 15.5. The summed E-state index contributed by atoms with van der Waals surface area (Å²) in [5.74, 6) is 1.09. The third-order valence-corrected chi connectivity index (χ3v) is 4.84. The van der Waals surface area contributed by atoms with Crippen LogP contribution in [0.15, 0.2) is 46.2 Å². The van der Waals surface area contributed by atoms with E-state index >= 15 is 0 Å². The maximum absolute atomic E-state index is 12.4. The number of amides is 1. The van der Waals surface area contributed by atoms with E-state index in [2.05, 4.69) is 10.2 Å². The smallest absolute Gasteiger partial charge is 0.247 e. The number of thiophene rings is 1. The minimum absolute atomic E-state index is 0.103. The van der Waals surface area contributed by atoms with Crippen LogP contribution < -0.4 is 0 Å². The number of hydrogen-bond donors (Lipinski definition) is 0. The lowest BCUT2D eigenvalue weighted by Crippen LogP contribution is -2.30. The van der Waals surface area contributed by atoms with Gasteiger partial charge in [0, 0.05) is 29.8 Å². The van der Waals surface area contributed by atoms with E-state index < -0.39 is 0 Å². The minimum atomic E-state index is 0.103. The summed E-state index contributed by atoms with van der Waals surface area (Å²) in [5, 5.41) is 10.2. The molecule has 0 radical (unpaired) electrons. The first-order valence-corrected chi connectivity index (χ1v) is 9.23. The highest BCUT2D eigenvalue weighted by atomic mass is 32.1. The molecule has 0 bridgehead atoms. The fourth-order valence-corrected chi connectivity index (χ4v) is 3.23. The van der Waals surface area contributed by atoms with Gasteiger partial charge in [-0.25, -0.2) is 0 Å². The van der Waals surface area contributed by atoms with Gasteiger partial charge in [-0.3, -0.25) is 4.79 Å². The van der Waals surface area contributed by atoms with Gasteiger partial charge in [0.15, 0.2) is 0 Å². The van der Waals surface area contributed by atoms with Gasteiger partial charge in [0.25, 0.3) is 0 Å². The highest BCUT2D eigenvalue weighted by molar-refractivity contribution is 7.09. The van der Waals surface area contributed by atoms with Crippen molar-refractivity contribution in [3.63, 3.8) is 0 Å². The van der Waals surface area contributed by atoms with Crippen LogP contribution in [-0.4, -0.2) is 27.5 Å². The lowest BCUT2D eigenvalue weighted by atomic mass is 10.1. The molecule has 3 rings (SSSR count). The molecule has 3 aromatic rings. The van der Waals surface area contributed by atoms with Crippen LogP contribution in [0.3, 0.4) is 0 Å². The molecule has 25 heavy (non-hydrogen) atoms. The Morgan fingerprint density at radius 3 is 2.68 bits per heavy atom. The van der Waals surface area contributed by atoms with Gasteiger partial charge in [0.05, 0.1) is 6.54 Å². The van der Waals surface area contributed by atoms with Crippen molar-refractivity contribution in [1.82, 2.24) is 15.1 Å². The summed E-state index contributed by atoms with van der Waals surface area (Å²) in [6, 6.07) is 12.0. The Balaban J connectivity index is 1.57. The number of benzene rings is 1. The molecule has 0 N–H and O–H groups in total. The van der Waals surface area contributed by atoms with Crippen molar-refractivity contribution < 1.29 is 9.21 Å². The van der Waals surface area contributed by atoms with Crippen molar-refractivity contribution in [1.29, 1.82) is 0 Å². The fraction of sp³-hybridized carbons (Fsp3) is 0.316. The zero-order valence-electron chi connectivity index (χ0n) is 14.4. The quantitative estimate of drug-likeness (QED) is 0.640. The molecule has 1 amide bonds. The van der Waals surface area contributed by atoms with Crippen LogP contribution in [0.4, 0.5) is 0 Å². The number of hydrogen-bond acceptors (Lipinski definition) is 5. The standard InChI is InChI=1S/C19H21N3O2S/c1-3-22(13-16-5-4-12-25-16)18(23)11-10-17-20-21-19(24-17)15-8-6-14(2)7-9-15/h4-9,12H,3,10-11,13H2,1-2H3. The number of nitrogens with zero attached hydrogens (tertiary/aromatic N) is 3. The highest BCUT2D eigenvalue weighted by Gasteiger charge is 2.15. The largest absolute Gasteiger partial charge is 0.421 e. The Kier molecular flexibility index (Phi) is 5.60. The molecule has 0 unspecified atom stereocenters. The molecule has 2 heterocycles. The van der Waals surface area contributed by atoms with Gasteiger partial charge >= 0.3 is 0 Å². The molecule has 5 nitrogen and oxygen atoms in total. The van der Waals surface area contributed by atoms with Gasteiger partial charge < -0.3 is 9.32 Å². The summed E-state index contributed by atoms with van der Waals surface area (Å²) >= 11 is 1.67. The average Bonchev–Trinajstić information content (AvgIpc) is 3.30. The van der Waals surface area contributed by atoms with Gasteiger partial charge in [0.2, 0.25) is 17.7 Å². The second-order valence-corrected chi connectivity index (χ2v) is 6.89. The second kappa shape index (κ2) is 8.07. The number of carbonyl (C=O) groups is 1. The molecule has 1 aromatic carbocycles. The van der Waals surface area contributed by atoms with E-state index in [9.17, 15) is 4.79 Å². The molecule has 0 aliphatic carbocycles. The van der Waals surface area contributed by atoms with Crippen LogP contribution in [0.25, 0.3) is 11.5 Å². The molecule has 2 aromatic heterocycles. The Labute approximate surface area is 151 Å². The fourth-order valence-electron chi connectivity index (χ4n) is 2.51. The van der Waals surface area contributed by atoms with Crippen LogP contribution in [-0.2, 0) is 17.8 Å². The van der Waals surface area contributed by atoms with Crippen molar-refractivity contribution in [2.45, 2.75) is 33.2 Å². The summed E-state index contributed by atoms with van der Waals surface area (Å²) in [5.41, 5.74) is 2.07. The molecule has 0 saturated carbocycles. The monoisotopic (exact) mass is 355 g/mol. The maximum atomic E-state index is 12.4. The van der Waals surface area contributed by atoms with Gasteiger partial charge in [0.1, 0.15) is 0 Å². The lowest BCUT2D eigenvalue weighted by Gasteiger charge is -2.19. The van der Waals surface area contributed by atoms with Crippen LogP contribution in [0, 0.1) is 6.92 Å². The molecule has 0 atom stereocenters. The van der Waals surface area contributed by atoms with Crippen LogP contribution >= 0.6 is 11.3 Å². The summed E-state index contributed by atoms with van der Waals surface area (Å²) in [6.45, 7) is 5.37. The van der Waals surface area contributed by atoms with Gasteiger partial charge in [-0.1, -0.05) is 23.8 Å². The molecule has 0 fully saturated rings. The first-order chi connectivity index (χ1) is 12.2. The van der Waals surface area contributed by atoms with E-state index in [-0.39, 0.29) is 5.91 Å². The molecule has 0 aliphatic rings. The lowest BCUT2D eigenvalue weighted by molar-refractivity contribution is -0.131. The normalized spacial score (nSPS) is 10.8. The highest BCUT2D eigenvalue weighted by Crippen LogP contribution is 2.19. The molecule has 0 saturated heterocycles. The van der Waals surface area contributed by atoms with Crippen LogP contribution in [0.2, 0.25) is 0 Å². The first kappa shape index (κ1) is 17.4. The van der Waals surface area contributed by atoms with E-state index in [4.69, 9.17) is 4.42 Å². The van der Waals surface area contributed by atoms with E-state index in [0.29, 0.717) is 37.7 Å². The first-order valence-electron chi connectivity index (χ1n) is 8.35. The summed E-state index contributed by atoms with van der Waals surface area (Å²) in [7, 11) is 0. The summed E-state index contributed by atoms with van der Waals surface area (Å²) in [6.07, 6.45) is 0.827. The van der Waals surface area contributed by atoms with Gasteiger partial charge in [-0.05, 0) is 37.4 Å². The zero-order chi connectivity index (χ0) is 17.6. The Morgan fingerprint density at radius 2 is 2.00 bits per heavy atom. The third-order valence-electron chi connectivity index (χ3n) is 3.98. The predicted molar refractivity (Wildman–Crippen MR) is 98.2 cm³/mol. The van der Waals surface area contributed by atoms with E-state index in [1.54, 1.807) is 11.3 Å². The Bertz CT molecular complexity index is 810. The Morgan fingerprint density at radius 1 is 1.20 bits per heavy atom. The van der Waals surface area contributed by atoms with Crippen molar-refractivity contribution in [3.8, 4) is 11.5 Å². The van der Waals surface area contributed by atoms with E-state index in [0.717, 1.165) is 5.56 Å². The SMILES string of the molecule is CCN(Cc1cccs1)C(=O)CCc1nnc(-c2ccc(C)cc2)o1. The average molecular weight is 355 g/mol. The van der Waals surface area contributed by atoms with E-state index in [1.165, 1.54) is 10.4 Å². The topological polar surface area (TPSA) is 59.2 Å². The van der Waals surface area contributed by atoms with Crippen LogP contribution in [0.1, 0.15) is 29.7 Å². The molecule has 0 aliphatic heterocycles. The van der Waals surface area contributed by atoms with Crippen molar-refractivity contribution in [3.05, 3.63) is 58.1 Å². The second-order valence-electron chi connectivity index (χ2n) is 5.85.